The van der Waals surface area contributed by atoms with Crippen LogP contribution in [0.25, 0.3) is 0 Å². The third-order valence-electron chi connectivity index (χ3n) is 5.15. The molecule has 0 heterocycles. The van der Waals surface area contributed by atoms with Gasteiger partial charge < -0.3 is 26.7 Å². The van der Waals surface area contributed by atoms with E-state index in [-0.39, 0.29) is 18.4 Å². The van der Waals surface area contributed by atoms with Gasteiger partial charge in [0.15, 0.2) is 0 Å². The van der Waals surface area contributed by atoms with Gasteiger partial charge in [-0.1, -0.05) is 25.3 Å². The number of hydrogen-bond donors (Lipinski definition) is 1. The zero-order valence-corrected chi connectivity index (χ0v) is 17.4. The molecule has 4 nitrogen and oxygen atoms in total. The van der Waals surface area contributed by atoms with Gasteiger partial charge in [0.2, 0.25) is 0 Å². The Labute approximate surface area is 164 Å². The lowest BCUT2D eigenvalue weighted by Gasteiger charge is -2.24. The molecule has 0 saturated heterocycles. The van der Waals surface area contributed by atoms with E-state index in [1.165, 1.54) is 19.3 Å². The minimum atomic E-state index is -0.139. The second-order valence-corrected chi connectivity index (χ2v) is 8.41. The Kier molecular flexibility index (Phi) is 8.91. The van der Waals surface area contributed by atoms with E-state index in [0.717, 1.165) is 40.6 Å². The molecule has 1 aromatic rings. The molecule has 26 heavy (non-hydrogen) atoms. The summed E-state index contributed by atoms with van der Waals surface area (Å²) >= 11 is 0. The average molecular weight is 384 g/mol. The number of nitrogens with zero attached hydrogens (tertiary/aromatic N) is 1. The molecule has 1 saturated carbocycles. The van der Waals surface area contributed by atoms with Crippen molar-refractivity contribution in [1.29, 1.82) is 0 Å². The van der Waals surface area contributed by atoms with Crippen LogP contribution in [0.5, 0.6) is 5.75 Å². The van der Waals surface area contributed by atoms with Crippen LogP contribution < -0.4 is 12.4 Å². The number of carbonyl (C=O) groups is 1. The minimum Gasteiger partial charge on any atom is -1.00 e. The number of aromatic hydroxyl groups is 1. The zero-order valence-electron chi connectivity index (χ0n) is 16.7. The van der Waals surface area contributed by atoms with Crippen LogP contribution in [0.3, 0.4) is 0 Å². The van der Waals surface area contributed by atoms with E-state index in [1.807, 2.05) is 13.0 Å². The van der Waals surface area contributed by atoms with Crippen molar-refractivity contribution in [2.24, 2.45) is 0 Å². The molecule has 148 valence electrons. The van der Waals surface area contributed by atoms with Crippen molar-refractivity contribution in [2.75, 3.05) is 34.3 Å². The fourth-order valence-electron chi connectivity index (χ4n) is 3.51. The van der Waals surface area contributed by atoms with Gasteiger partial charge in [0.1, 0.15) is 18.9 Å². The van der Waals surface area contributed by atoms with Crippen LogP contribution in [0.1, 0.15) is 61.1 Å². The summed E-state index contributed by atoms with van der Waals surface area (Å²) in [6.07, 6.45) is 7.17. The third kappa shape index (κ3) is 7.16. The van der Waals surface area contributed by atoms with Gasteiger partial charge in [0.05, 0.1) is 21.1 Å². The van der Waals surface area contributed by atoms with Crippen molar-refractivity contribution in [3.8, 4) is 5.75 Å². The molecule has 0 aliphatic heterocycles. The maximum absolute atomic E-state index is 12.0. The number of phenolic OH excluding ortho intramolecular Hbond substituents is 1. The topological polar surface area (TPSA) is 46.5 Å². The predicted molar refractivity (Wildman–Crippen MR) is 101 cm³/mol. The molecular formula is C21H34ClNO3. The van der Waals surface area contributed by atoms with Gasteiger partial charge in [-0.15, -0.1) is 0 Å². The monoisotopic (exact) mass is 383 g/mol. The lowest BCUT2D eigenvalue weighted by Crippen LogP contribution is -3.00. The van der Waals surface area contributed by atoms with Crippen molar-refractivity contribution in [2.45, 2.75) is 57.8 Å². The largest absolute Gasteiger partial charge is 1.00 e. The molecule has 5 heteroatoms. The number of halogens is 1. The van der Waals surface area contributed by atoms with Crippen molar-refractivity contribution < 1.29 is 31.5 Å². The van der Waals surface area contributed by atoms with Crippen LogP contribution in [0.4, 0.5) is 0 Å². The second kappa shape index (κ2) is 10.2. The van der Waals surface area contributed by atoms with Gasteiger partial charge in [-0.2, -0.15) is 0 Å². The summed E-state index contributed by atoms with van der Waals surface area (Å²) in [4.78, 5) is 12.0. The highest BCUT2D eigenvalue weighted by Gasteiger charge is 2.20. The smallest absolute Gasteiger partial charge is 0.306 e. The van der Waals surface area contributed by atoms with Gasteiger partial charge in [-0.25, -0.2) is 0 Å². The Bertz CT molecular complexity index is 590. The normalized spacial score (nSPS) is 15.4. The van der Waals surface area contributed by atoms with E-state index >= 15 is 0 Å². The Balaban J connectivity index is 0.00000338. The van der Waals surface area contributed by atoms with Crippen LogP contribution in [0, 0.1) is 6.92 Å². The fraction of sp³-hybridized carbons (Fsp3) is 0.667. The number of hydrogen-bond acceptors (Lipinski definition) is 3. The fourth-order valence-corrected chi connectivity index (χ4v) is 3.51. The maximum atomic E-state index is 12.0. The summed E-state index contributed by atoms with van der Waals surface area (Å²) in [5, 5.41) is 10.3. The van der Waals surface area contributed by atoms with Crippen LogP contribution in [0.15, 0.2) is 12.1 Å². The summed E-state index contributed by atoms with van der Waals surface area (Å²) in [5.41, 5.74) is 3.27. The molecule has 0 amide bonds. The predicted octanol–water partition coefficient (Wildman–Crippen LogP) is 0.934. The lowest BCUT2D eigenvalue weighted by atomic mass is 9.82. The number of ether oxygens (including phenoxy) is 1. The first-order valence-corrected chi connectivity index (χ1v) is 9.55. The summed E-state index contributed by atoms with van der Waals surface area (Å²) in [6, 6.07) is 3.99. The van der Waals surface area contributed by atoms with Gasteiger partial charge in [0.25, 0.3) is 0 Å². The number of aryl methyl sites for hydroxylation is 2. The average Bonchev–Trinajstić information content (AvgIpc) is 2.53. The molecule has 1 aromatic carbocycles. The van der Waals surface area contributed by atoms with Crippen LogP contribution in [0.2, 0.25) is 0 Å². The molecule has 0 radical (unpaired) electrons. The van der Waals surface area contributed by atoms with Crippen LogP contribution in [-0.2, 0) is 16.0 Å². The van der Waals surface area contributed by atoms with Gasteiger partial charge >= 0.3 is 5.97 Å². The first-order valence-electron chi connectivity index (χ1n) is 9.55. The van der Waals surface area contributed by atoms with E-state index in [1.54, 1.807) is 0 Å². The Morgan fingerprint density at radius 2 is 1.85 bits per heavy atom. The number of esters is 1. The van der Waals surface area contributed by atoms with E-state index in [4.69, 9.17) is 4.74 Å². The molecule has 2 rings (SSSR count). The first kappa shape index (κ1) is 22.8. The van der Waals surface area contributed by atoms with E-state index in [9.17, 15) is 9.90 Å². The van der Waals surface area contributed by atoms with Gasteiger partial charge in [0, 0.05) is 6.42 Å². The van der Waals surface area contributed by atoms with E-state index < -0.39 is 0 Å². The van der Waals surface area contributed by atoms with Crippen molar-refractivity contribution in [3.05, 3.63) is 28.8 Å². The highest BCUT2D eigenvalue weighted by atomic mass is 35.5. The SMILES string of the molecule is Cc1cc(O)c(C2CCCCC2)cc1CCC(=O)OCC[N+](C)(C)C.[Cl-]. The number of rotatable bonds is 7. The van der Waals surface area contributed by atoms with Gasteiger partial charge in [-0.05, 0) is 54.9 Å². The summed E-state index contributed by atoms with van der Waals surface area (Å²) in [6.45, 7) is 3.28. The third-order valence-corrected chi connectivity index (χ3v) is 5.15. The summed E-state index contributed by atoms with van der Waals surface area (Å²) in [7, 11) is 6.25. The molecule has 1 aliphatic rings. The molecule has 0 spiro atoms. The lowest BCUT2D eigenvalue weighted by molar-refractivity contribution is -0.870. The number of benzene rings is 1. The molecule has 0 aromatic heterocycles. The highest BCUT2D eigenvalue weighted by Crippen LogP contribution is 2.38. The van der Waals surface area contributed by atoms with Gasteiger partial charge in [-0.3, -0.25) is 4.79 Å². The van der Waals surface area contributed by atoms with E-state index in [0.29, 0.717) is 31.1 Å². The molecule has 0 unspecified atom stereocenters. The Morgan fingerprint density at radius 1 is 1.19 bits per heavy atom. The number of phenols is 1. The van der Waals surface area contributed by atoms with Crippen molar-refractivity contribution in [3.63, 3.8) is 0 Å². The molecule has 1 fully saturated rings. The number of carbonyl (C=O) groups excluding carboxylic acids is 1. The van der Waals surface area contributed by atoms with Crippen molar-refractivity contribution >= 4 is 5.97 Å². The number of quaternary nitrogens is 1. The summed E-state index contributed by atoms with van der Waals surface area (Å²) in [5.74, 6) is 0.739. The standard InChI is InChI=1S/C21H33NO3.ClH/c1-16-14-20(23)19(17-8-6-5-7-9-17)15-18(16)10-11-21(24)25-13-12-22(2,3)4;/h14-15,17H,5-13H2,1-4H3;1H. The summed E-state index contributed by atoms with van der Waals surface area (Å²) < 4.78 is 6.13. The van der Waals surface area contributed by atoms with E-state index in [2.05, 4.69) is 27.2 Å². The molecular weight excluding hydrogens is 350 g/mol. The Hall–Kier alpha value is -1.26. The zero-order chi connectivity index (χ0) is 18.4. The second-order valence-electron chi connectivity index (χ2n) is 8.41. The molecule has 0 atom stereocenters. The first-order chi connectivity index (χ1) is 11.8. The number of likely N-dealkylation sites (N-methyl/N-ethyl adjacent to an activating group) is 1. The molecule has 1 N–H and O–H groups in total. The molecule has 0 bridgehead atoms. The van der Waals surface area contributed by atoms with Crippen LogP contribution in [-0.4, -0.2) is 49.9 Å². The maximum Gasteiger partial charge on any atom is 0.306 e. The molecule has 1 aliphatic carbocycles. The highest BCUT2D eigenvalue weighted by molar-refractivity contribution is 5.69. The Morgan fingerprint density at radius 3 is 2.46 bits per heavy atom. The minimum absolute atomic E-state index is 0. The van der Waals surface area contributed by atoms with Crippen molar-refractivity contribution in [1.82, 2.24) is 0 Å². The van der Waals surface area contributed by atoms with Crippen LogP contribution >= 0.6 is 0 Å². The quantitative estimate of drug-likeness (QED) is 0.563.